The maximum absolute atomic E-state index is 11.5. The van der Waals surface area contributed by atoms with Crippen LogP contribution >= 0.6 is 27.3 Å². The molecule has 0 saturated carbocycles. The summed E-state index contributed by atoms with van der Waals surface area (Å²) < 4.78 is 1.02. The summed E-state index contributed by atoms with van der Waals surface area (Å²) in [6.45, 7) is 3.47. The SMILES string of the molecule is CC(C)(N)C(=O)Cc1cc(Br)cs1. The highest BCUT2D eigenvalue weighted by atomic mass is 79.9. The lowest BCUT2D eigenvalue weighted by Crippen LogP contribution is -2.42. The van der Waals surface area contributed by atoms with Crippen LogP contribution in [0.1, 0.15) is 18.7 Å². The summed E-state index contributed by atoms with van der Waals surface area (Å²) in [6.07, 6.45) is 0.430. The molecule has 1 aromatic heterocycles. The highest BCUT2D eigenvalue weighted by molar-refractivity contribution is 9.10. The van der Waals surface area contributed by atoms with E-state index in [9.17, 15) is 4.79 Å². The first-order chi connectivity index (χ1) is 5.89. The average Bonchev–Trinajstić information content (AvgIpc) is 2.33. The number of hydrogen-bond acceptors (Lipinski definition) is 3. The topological polar surface area (TPSA) is 43.1 Å². The molecule has 13 heavy (non-hydrogen) atoms. The Morgan fingerprint density at radius 3 is 2.69 bits per heavy atom. The number of rotatable bonds is 3. The normalized spacial score (nSPS) is 11.7. The Kier molecular flexibility index (Phi) is 3.27. The van der Waals surface area contributed by atoms with E-state index in [-0.39, 0.29) is 5.78 Å². The minimum absolute atomic E-state index is 0.0712. The van der Waals surface area contributed by atoms with E-state index in [1.54, 1.807) is 25.2 Å². The fourth-order valence-corrected chi connectivity index (χ4v) is 2.28. The Balaban J connectivity index is 2.65. The molecule has 72 valence electrons. The molecule has 2 N–H and O–H groups in total. The molecule has 1 heterocycles. The molecule has 2 nitrogen and oxygen atoms in total. The summed E-state index contributed by atoms with van der Waals surface area (Å²) in [7, 11) is 0. The van der Waals surface area contributed by atoms with E-state index in [1.807, 2.05) is 11.4 Å². The van der Waals surface area contributed by atoms with Crippen molar-refractivity contribution < 1.29 is 4.79 Å². The second-order valence-corrected chi connectivity index (χ2v) is 5.46. The summed E-state index contributed by atoms with van der Waals surface area (Å²) in [5.74, 6) is 0.0712. The molecule has 1 aromatic rings. The molecule has 0 atom stereocenters. The summed E-state index contributed by atoms with van der Waals surface area (Å²) in [5.41, 5.74) is 4.95. The summed E-state index contributed by atoms with van der Waals surface area (Å²) in [4.78, 5) is 12.6. The van der Waals surface area contributed by atoms with Crippen molar-refractivity contribution >= 4 is 33.0 Å². The van der Waals surface area contributed by atoms with E-state index < -0.39 is 5.54 Å². The standard InChI is InChI=1S/C9H12BrNOS/c1-9(2,11)8(12)4-7-3-6(10)5-13-7/h3,5H,4,11H2,1-2H3. The number of halogens is 1. The van der Waals surface area contributed by atoms with Crippen LogP contribution in [0.3, 0.4) is 0 Å². The van der Waals surface area contributed by atoms with Gasteiger partial charge in [0.05, 0.1) is 5.54 Å². The maximum atomic E-state index is 11.5. The summed E-state index contributed by atoms with van der Waals surface area (Å²) >= 11 is 4.91. The minimum atomic E-state index is -0.726. The van der Waals surface area contributed by atoms with Gasteiger partial charge in [-0.2, -0.15) is 0 Å². The van der Waals surface area contributed by atoms with Gasteiger partial charge in [-0.05, 0) is 35.8 Å². The first-order valence-corrected chi connectivity index (χ1v) is 5.62. The van der Waals surface area contributed by atoms with E-state index in [2.05, 4.69) is 15.9 Å². The minimum Gasteiger partial charge on any atom is -0.319 e. The Labute approximate surface area is 90.3 Å². The van der Waals surface area contributed by atoms with Crippen LogP contribution in [0, 0.1) is 0 Å². The zero-order chi connectivity index (χ0) is 10.1. The molecule has 0 fully saturated rings. The molecule has 0 aliphatic carbocycles. The largest absolute Gasteiger partial charge is 0.319 e. The van der Waals surface area contributed by atoms with Crippen molar-refractivity contribution in [3.63, 3.8) is 0 Å². The van der Waals surface area contributed by atoms with Crippen LogP contribution in [0.2, 0.25) is 0 Å². The fourth-order valence-electron chi connectivity index (χ4n) is 0.833. The number of carbonyl (C=O) groups excluding carboxylic acids is 1. The predicted molar refractivity (Wildman–Crippen MR) is 59.0 cm³/mol. The Morgan fingerprint density at radius 1 is 1.69 bits per heavy atom. The van der Waals surface area contributed by atoms with Crippen LogP contribution in [-0.2, 0) is 11.2 Å². The van der Waals surface area contributed by atoms with Gasteiger partial charge in [0.2, 0.25) is 0 Å². The van der Waals surface area contributed by atoms with E-state index in [0.29, 0.717) is 6.42 Å². The first kappa shape index (κ1) is 10.9. The fraction of sp³-hybridized carbons (Fsp3) is 0.444. The van der Waals surface area contributed by atoms with Gasteiger partial charge in [0.25, 0.3) is 0 Å². The van der Waals surface area contributed by atoms with Gasteiger partial charge in [-0.15, -0.1) is 11.3 Å². The van der Waals surface area contributed by atoms with E-state index in [0.717, 1.165) is 9.35 Å². The highest BCUT2D eigenvalue weighted by Crippen LogP contribution is 2.21. The van der Waals surface area contributed by atoms with Crippen LogP contribution in [0.25, 0.3) is 0 Å². The van der Waals surface area contributed by atoms with Crippen LogP contribution in [-0.4, -0.2) is 11.3 Å². The molecule has 0 saturated heterocycles. The second-order valence-electron chi connectivity index (χ2n) is 3.55. The highest BCUT2D eigenvalue weighted by Gasteiger charge is 2.22. The first-order valence-electron chi connectivity index (χ1n) is 3.94. The predicted octanol–water partition coefficient (Wildman–Crippen LogP) is 2.36. The van der Waals surface area contributed by atoms with Crippen molar-refractivity contribution in [2.24, 2.45) is 5.73 Å². The number of thiophene rings is 1. The van der Waals surface area contributed by atoms with Crippen LogP contribution in [0.5, 0.6) is 0 Å². The molecule has 0 radical (unpaired) electrons. The van der Waals surface area contributed by atoms with Crippen LogP contribution < -0.4 is 5.73 Å². The lowest BCUT2D eigenvalue weighted by molar-refractivity contribution is -0.122. The monoisotopic (exact) mass is 261 g/mol. The second kappa shape index (κ2) is 3.90. The number of Topliss-reactive ketones (excluding diaryl/α,β-unsaturated/α-hetero) is 1. The molecule has 0 aliphatic rings. The molecule has 4 heteroatoms. The molecular weight excluding hydrogens is 250 g/mol. The lowest BCUT2D eigenvalue weighted by atomic mass is 9.98. The molecular formula is C9H12BrNOS. The van der Waals surface area contributed by atoms with Gasteiger partial charge in [-0.3, -0.25) is 4.79 Å². The zero-order valence-electron chi connectivity index (χ0n) is 7.63. The van der Waals surface area contributed by atoms with Crippen LogP contribution in [0.15, 0.2) is 15.9 Å². The van der Waals surface area contributed by atoms with Crippen molar-refractivity contribution in [2.45, 2.75) is 25.8 Å². The quantitative estimate of drug-likeness (QED) is 0.908. The number of nitrogens with two attached hydrogens (primary N) is 1. The van der Waals surface area contributed by atoms with Gasteiger partial charge in [0.15, 0.2) is 5.78 Å². The van der Waals surface area contributed by atoms with Crippen LogP contribution in [0.4, 0.5) is 0 Å². The van der Waals surface area contributed by atoms with Gasteiger partial charge in [-0.25, -0.2) is 0 Å². The molecule has 0 unspecified atom stereocenters. The van der Waals surface area contributed by atoms with Gasteiger partial charge in [-0.1, -0.05) is 0 Å². The average molecular weight is 262 g/mol. The van der Waals surface area contributed by atoms with Gasteiger partial charge >= 0.3 is 0 Å². The van der Waals surface area contributed by atoms with Crippen molar-refractivity contribution in [2.75, 3.05) is 0 Å². The lowest BCUT2D eigenvalue weighted by Gasteiger charge is -2.15. The molecule has 0 spiro atoms. The van der Waals surface area contributed by atoms with E-state index >= 15 is 0 Å². The van der Waals surface area contributed by atoms with Crippen molar-refractivity contribution in [1.82, 2.24) is 0 Å². The Hall–Kier alpha value is -0.190. The summed E-state index contributed by atoms with van der Waals surface area (Å²) in [5, 5.41) is 1.96. The van der Waals surface area contributed by atoms with Crippen molar-refractivity contribution in [3.05, 3.63) is 20.8 Å². The molecule has 0 aromatic carbocycles. The Morgan fingerprint density at radius 2 is 2.31 bits per heavy atom. The third-order valence-electron chi connectivity index (χ3n) is 1.68. The van der Waals surface area contributed by atoms with E-state index in [4.69, 9.17) is 5.73 Å². The number of ketones is 1. The third kappa shape index (κ3) is 3.21. The van der Waals surface area contributed by atoms with Crippen molar-refractivity contribution in [1.29, 1.82) is 0 Å². The third-order valence-corrected chi connectivity index (χ3v) is 3.37. The molecule has 0 aliphatic heterocycles. The Bertz CT molecular complexity index is 314. The molecule has 1 rings (SSSR count). The molecule has 0 bridgehead atoms. The number of hydrogen-bond donors (Lipinski definition) is 1. The van der Waals surface area contributed by atoms with Crippen molar-refractivity contribution in [3.8, 4) is 0 Å². The molecule has 0 amide bonds. The maximum Gasteiger partial charge on any atom is 0.157 e. The van der Waals surface area contributed by atoms with Gasteiger partial charge in [0.1, 0.15) is 0 Å². The van der Waals surface area contributed by atoms with Gasteiger partial charge < -0.3 is 5.73 Å². The van der Waals surface area contributed by atoms with Gasteiger partial charge in [0, 0.05) is 21.2 Å². The zero-order valence-corrected chi connectivity index (χ0v) is 10.0. The summed E-state index contributed by atoms with van der Waals surface area (Å²) in [6, 6.07) is 1.95. The van der Waals surface area contributed by atoms with E-state index in [1.165, 1.54) is 0 Å². The smallest absolute Gasteiger partial charge is 0.157 e. The number of carbonyl (C=O) groups is 1.